The van der Waals surface area contributed by atoms with Crippen molar-refractivity contribution in [3.63, 3.8) is 0 Å². The lowest BCUT2D eigenvalue weighted by molar-refractivity contribution is -0.125. The molecule has 154 valence electrons. The van der Waals surface area contributed by atoms with Crippen LogP contribution in [-0.2, 0) is 24.2 Å². The van der Waals surface area contributed by atoms with Crippen molar-refractivity contribution in [2.75, 3.05) is 20.2 Å². The summed E-state index contributed by atoms with van der Waals surface area (Å²) in [5.74, 6) is 1.06. The average Bonchev–Trinajstić information content (AvgIpc) is 3.21. The highest BCUT2D eigenvalue weighted by atomic mass is 32.1. The molecule has 2 aromatic rings. The predicted molar refractivity (Wildman–Crippen MR) is 114 cm³/mol. The summed E-state index contributed by atoms with van der Waals surface area (Å²) in [5.41, 5.74) is 2.24. The van der Waals surface area contributed by atoms with E-state index >= 15 is 0 Å². The number of fused-ring (bicyclic) bond motifs is 1. The number of rotatable bonds is 5. The number of methoxy groups -OCH3 is 1. The van der Waals surface area contributed by atoms with Crippen LogP contribution >= 0.6 is 11.3 Å². The molecule has 1 fully saturated rings. The topological polar surface area (TPSA) is 58.6 Å². The molecule has 1 saturated heterocycles. The van der Waals surface area contributed by atoms with E-state index in [0.29, 0.717) is 6.54 Å². The Morgan fingerprint density at radius 3 is 2.66 bits per heavy atom. The number of nitrogens with one attached hydrogen (secondary N) is 1. The Labute approximate surface area is 176 Å². The number of piperidine rings is 1. The third-order valence-electron chi connectivity index (χ3n) is 5.93. The van der Waals surface area contributed by atoms with Gasteiger partial charge in [0.2, 0.25) is 5.91 Å². The highest BCUT2D eigenvalue weighted by molar-refractivity contribution is 7.14. The molecule has 1 aliphatic heterocycles. The molecule has 6 heteroatoms. The number of amides is 2. The smallest absolute Gasteiger partial charge is 0.263 e. The van der Waals surface area contributed by atoms with Gasteiger partial charge in [-0.15, -0.1) is 11.3 Å². The molecule has 0 unspecified atom stereocenters. The lowest BCUT2D eigenvalue weighted by Crippen LogP contribution is -2.35. The van der Waals surface area contributed by atoms with Crippen LogP contribution in [-0.4, -0.2) is 36.9 Å². The van der Waals surface area contributed by atoms with Crippen LogP contribution in [0.5, 0.6) is 5.75 Å². The minimum Gasteiger partial charge on any atom is -0.497 e. The van der Waals surface area contributed by atoms with Crippen molar-refractivity contribution in [1.29, 1.82) is 0 Å². The van der Waals surface area contributed by atoms with Gasteiger partial charge in [0.1, 0.15) is 5.75 Å². The molecule has 1 atom stereocenters. The van der Waals surface area contributed by atoms with Crippen LogP contribution in [0, 0.1) is 5.92 Å². The number of aryl methyl sites for hydroxylation is 1. The normalized spacial score (nSPS) is 18.8. The molecule has 1 aliphatic carbocycles. The van der Waals surface area contributed by atoms with Gasteiger partial charge in [0.05, 0.1) is 12.0 Å². The highest BCUT2D eigenvalue weighted by Crippen LogP contribution is 2.33. The molecule has 1 N–H and O–H groups in total. The van der Waals surface area contributed by atoms with E-state index in [1.807, 2.05) is 35.2 Å². The second kappa shape index (κ2) is 8.99. The van der Waals surface area contributed by atoms with Crippen molar-refractivity contribution in [3.8, 4) is 5.75 Å². The van der Waals surface area contributed by atoms with Crippen LogP contribution in [0.15, 0.2) is 30.3 Å². The van der Waals surface area contributed by atoms with Crippen LogP contribution in [0.1, 0.15) is 51.4 Å². The summed E-state index contributed by atoms with van der Waals surface area (Å²) >= 11 is 1.63. The molecule has 0 saturated carbocycles. The molecule has 2 heterocycles. The number of carbonyl (C=O) groups excluding carboxylic acids is 2. The number of thiophene rings is 1. The van der Waals surface area contributed by atoms with E-state index in [4.69, 9.17) is 4.74 Å². The third-order valence-corrected chi connectivity index (χ3v) is 7.16. The van der Waals surface area contributed by atoms with Crippen LogP contribution in [0.4, 0.5) is 0 Å². The molecule has 2 aliphatic rings. The average molecular weight is 413 g/mol. The van der Waals surface area contributed by atoms with E-state index in [1.165, 1.54) is 16.9 Å². The first-order valence-corrected chi connectivity index (χ1v) is 11.3. The summed E-state index contributed by atoms with van der Waals surface area (Å²) in [6, 6.07) is 9.78. The minimum atomic E-state index is -0.0201. The van der Waals surface area contributed by atoms with Gasteiger partial charge in [-0.1, -0.05) is 12.1 Å². The molecular weight excluding hydrogens is 384 g/mol. The van der Waals surface area contributed by atoms with E-state index in [2.05, 4.69) is 5.32 Å². The van der Waals surface area contributed by atoms with Crippen molar-refractivity contribution in [2.45, 2.75) is 45.1 Å². The fourth-order valence-corrected chi connectivity index (χ4v) is 5.36. The molecule has 4 rings (SSSR count). The summed E-state index contributed by atoms with van der Waals surface area (Å²) in [4.78, 5) is 29.6. The van der Waals surface area contributed by atoms with Crippen LogP contribution < -0.4 is 10.1 Å². The van der Waals surface area contributed by atoms with E-state index in [-0.39, 0.29) is 17.7 Å². The van der Waals surface area contributed by atoms with Crippen LogP contribution in [0.2, 0.25) is 0 Å². The zero-order chi connectivity index (χ0) is 20.2. The zero-order valence-electron chi connectivity index (χ0n) is 16.9. The number of likely N-dealkylation sites (tertiary alicyclic amines) is 1. The second-order valence-electron chi connectivity index (χ2n) is 7.92. The molecule has 0 radical (unpaired) electrons. The van der Waals surface area contributed by atoms with Crippen LogP contribution in [0.25, 0.3) is 0 Å². The maximum absolute atomic E-state index is 12.8. The summed E-state index contributed by atoms with van der Waals surface area (Å²) in [5, 5.41) is 3.07. The van der Waals surface area contributed by atoms with Crippen LogP contribution in [0.3, 0.4) is 0 Å². The summed E-state index contributed by atoms with van der Waals surface area (Å²) < 4.78 is 5.17. The Balaban J connectivity index is 1.34. The Bertz CT molecular complexity index is 869. The van der Waals surface area contributed by atoms with Gasteiger partial charge in [-0.2, -0.15) is 0 Å². The van der Waals surface area contributed by atoms with E-state index in [0.717, 1.165) is 61.4 Å². The van der Waals surface area contributed by atoms with E-state index < -0.39 is 0 Å². The standard InChI is InChI=1S/C23H28N2O3S/c1-28-19-8-5-16(6-9-19)15-24-22(26)17-7-10-20-18(13-17)14-21(29-20)23(27)25-11-3-2-4-12-25/h5-6,8-9,14,17H,2-4,7,10-13,15H2,1H3,(H,24,26)/t17-/m0/s1. The number of ether oxygens (including phenoxy) is 1. The maximum Gasteiger partial charge on any atom is 0.263 e. The minimum absolute atomic E-state index is 0.0201. The van der Waals surface area contributed by atoms with Gasteiger partial charge in [-0.05, 0) is 67.9 Å². The Kier molecular flexibility index (Phi) is 6.19. The first kappa shape index (κ1) is 20.0. The Morgan fingerprint density at radius 1 is 1.17 bits per heavy atom. The SMILES string of the molecule is COc1ccc(CNC(=O)[C@H]2CCc3sc(C(=O)N4CCCCC4)cc3C2)cc1. The fourth-order valence-electron chi connectivity index (χ4n) is 4.18. The number of hydrogen-bond donors (Lipinski definition) is 1. The lowest BCUT2D eigenvalue weighted by atomic mass is 9.87. The molecule has 1 aromatic heterocycles. The number of hydrogen-bond acceptors (Lipinski definition) is 4. The lowest BCUT2D eigenvalue weighted by Gasteiger charge is -2.26. The summed E-state index contributed by atoms with van der Waals surface area (Å²) in [7, 11) is 1.64. The van der Waals surface area contributed by atoms with Crippen molar-refractivity contribution >= 4 is 23.2 Å². The van der Waals surface area contributed by atoms with Gasteiger partial charge in [0.15, 0.2) is 0 Å². The van der Waals surface area contributed by atoms with Crippen molar-refractivity contribution in [1.82, 2.24) is 10.2 Å². The number of benzene rings is 1. The predicted octanol–water partition coefficient (Wildman–Crippen LogP) is 3.80. The van der Waals surface area contributed by atoms with E-state index in [9.17, 15) is 9.59 Å². The Hall–Kier alpha value is -2.34. The first-order chi connectivity index (χ1) is 14.1. The molecule has 29 heavy (non-hydrogen) atoms. The van der Waals surface area contributed by atoms with Gasteiger partial charge in [-0.3, -0.25) is 9.59 Å². The fraction of sp³-hybridized carbons (Fsp3) is 0.478. The van der Waals surface area contributed by atoms with Crippen molar-refractivity contribution < 1.29 is 14.3 Å². The Morgan fingerprint density at radius 2 is 1.93 bits per heavy atom. The largest absolute Gasteiger partial charge is 0.497 e. The molecule has 2 amide bonds. The zero-order valence-corrected chi connectivity index (χ0v) is 17.7. The maximum atomic E-state index is 12.8. The second-order valence-corrected chi connectivity index (χ2v) is 9.05. The quantitative estimate of drug-likeness (QED) is 0.813. The number of carbonyl (C=O) groups is 2. The molecule has 0 bridgehead atoms. The summed E-state index contributed by atoms with van der Waals surface area (Å²) in [6.07, 6.45) is 5.89. The monoisotopic (exact) mass is 412 g/mol. The van der Waals surface area contributed by atoms with Gasteiger partial charge in [0.25, 0.3) is 5.91 Å². The third kappa shape index (κ3) is 4.64. The van der Waals surface area contributed by atoms with Crippen molar-refractivity contribution in [2.24, 2.45) is 5.92 Å². The van der Waals surface area contributed by atoms with Crippen molar-refractivity contribution in [3.05, 3.63) is 51.2 Å². The van der Waals surface area contributed by atoms with Gasteiger partial charge >= 0.3 is 0 Å². The van der Waals surface area contributed by atoms with Gasteiger partial charge in [-0.25, -0.2) is 0 Å². The van der Waals surface area contributed by atoms with E-state index in [1.54, 1.807) is 18.4 Å². The summed E-state index contributed by atoms with van der Waals surface area (Å²) in [6.45, 7) is 2.27. The first-order valence-electron chi connectivity index (χ1n) is 10.5. The molecular formula is C23H28N2O3S. The van der Waals surface area contributed by atoms with Gasteiger partial charge < -0.3 is 15.0 Å². The molecule has 5 nitrogen and oxygen atoms in total. The number of nitrogens with zero attached hydrogens (tertiary/aromatic N) is 1. The molecule has 1 aromatic carbocycles. The van der Waals surface area contributed by atoms with Gasteiger partial charge in [0, 0.05) is 30.4 Å². The molecule has 0 spiro atoms. The highest BCUT2D eigenvalue weighted by Gasteiger charge is 2.28.